The van der Waals surface area contributed by atoms with Gasteiger partial charge in [-0.3, -0.25) is 9.38 Å². The molecule has 0 spiro atoms. The fraction of sp³-hybridized carbons (Fsp3) is 0.0476. The third-order valence-corrected chi connectivity index (χ3v) is 4.72. The minimum atomic E-state index is -0.415. The van der Waals surface area contributed by atoms with Gasteiger partial charge in [0.1, 0.15) is 11.3 Å². The van der Waals surface area contributed by atoms with Gasteiger partial charge in [-0.25, -0.2) is 19.3 Å². The van der Waals surface area contributed by atoms with Crippen LogP contribution < -0.4 is 10.5 Å². The number of anilines is 1. The van der Waals surface area contributed by atoms with Crippen LogP contribution in [0.5, 0.6) is 5.88 Å². The highest BCUT2D eigenvalue weighted by Crippen LogP contribution is 2.35. The molecule has 0 aliphatic heterocycles. The van der Waals surface area contributed by atoms with Gasteiger partial charge < -0.3 is 10.5 Å². The summed E-state index contributed by atoms with van der Waals surface area (Å²) in [5.41, 5.74) is 9.51. The Bertz CT molecular complexity index is 1360. The topological polar surface area (TPSA) is 91.2 Å². The molecule has 0 amide bonds. The minimum absolute atomic E-state index is 0.271. The van der Waals surface area contributed by atoms with Crippen molar-refractivity contribution in [2.45, 2.75) is 0 Å². The Labute approximate surface area is 164 Å². The van der Waals surface area contributed by atoms with Gasteiger partial charge in [0.25, 0.3) is 0 Å². The van der Waals surface area contributed by atoms with E-state index in [2.05, 4.69) is 19.9 Å². The first-order valence-electron chi connectivity index (χ1n) is 8.83. The number of halogens is 1. The molecule has 4 heterocycles. The van der Waals surface area contributed by atoms with Crippen LogP contribution in [0.3, 0.4) is 0 Å². The van der Waals surface area contributed by atoms with Crippen LogP contribution in [0.15, 0.2) is 61.2 Å². The van der Waals surface area contributed by atoms with Crippen LogP contribution in [-0.2, 0) is 0 Å². The van der Waals surface area contributed by atoms with Crippen molar-refractivity contribution in [2.24, 2.45) is 0 Å². The van der Waals surface area contributed by atoms with Crippen LogP contribution in [0.25, 0.3) is 39.1 Å². The smallest absolute Gasteiger partial charge is 0.212 e. The highest BCUT2D eigenvalue weighted by Gasteiger charge is 2.19. The fourth-order valence-corrected chi connectivity index (χ4v) is 3.41. The summed E-state index contributed by atoms with van der Waals surface area (Å²) in [5, 5.41) is 0.686. The average Bonchev–Trinajstić information content (AvgIpc) is 3.24. The van der Waals surface area contributed by atoms with Crippen LogP contribution >= 0.6 is 0 Å². The van der Waals surface area contributed by atoms with Gasteiger partial charge in [0.2, 0.25) is 5.88 Å². The van der Waals surface area contributed by atoms with Crippen molar-refractivity contribution in [3.8, 4) is 28.4 Å². The number of nitrogen functional groups attached to an aromatic ring is 1. The molecule has 142 valence electrons. The molecule has 0 atom stereocenters. The molecule has 0 fully saturated rings. The number of aromatic nitrogens is 5. The van der Waals surface area contributed by atoms with E-state index in [1.54, 1.807) is 48.4 Å². The second-order valence-corrected chi connectivity index (χ2v) is 6.44. The summed E-state index contributed by atoms with van der Waals surface area (Å²) >= 11 is 0. The van der Waals surface area contributed by atoms with Gasteiger partial charge in [-0.1, -0.05) is 6.07 Å². The molecule has 8 heteroatoms. The van der Waals surface area contributed by atoms with Crippen LogP contribution in [0.4, 0.5) is 10.2 Å². The first kappa shape index (κ1) is 17.1. The van der Waals surface area contributed by atoms with E-state index in [9.17, 15) is 4.39 Å². The van der Waals surface area contributed by atoms with Gasteiger partial charge in [-0.2, -0.15) is 0 Å². The predicted octanol–water partition coefficient (Wildman–Crippen LogP) is 3.74. The molecule has 2 N–H and O–H groups in total. The van der Waals surface area contributed by atoms with E-state index in [0.717, 1.165) is 5.56 Å². The van der Waals surface area contributed by atoms with Gasteiger partial charge in [0.05, 0.1) is 18.5 Å². The van der Waals surface area contributed by atoms with Gasteiger partial charge in [-0.05, 0) is 24.3 Å². The second-order valence-electron chi connectivity index (χ2n) is 6.44. The van der Waals surface area contributed by atoms with E-state index in [1.165, 1.54) is 6.07 Å². The third-order valence-electron chi connectivity index (χ3n) is 4.72. The van der Waals surface area contributed by atoms with Crippen LogP contribution in [0.1, 0.15) is 0 Å². The number of pyridine rings is 2. The number of methoxy groups -OCH3 is 1. The highest BCUT2D eigenvalue weighted by atomic mass is 19.1. The molecule has 7 nitrogen and oxygen atoms in total. The van der Waals surface area contributed by atoms with Crippen LogP contribution in [-0.4, -0.2) is 31.4 Å². The predicted molar refractivity (Wildman–Crippen MR) is 108 cm³/mol. The number of nitrogens with two attached hydrogens (primary N) is 1. The molecule has 0 saturated carbocycles. The zero-order valence-electron chi connectivity index (χ0n) is 15.4. The van der Waals surface area contributed by atoms with E-state index in [1.807, 2.05) is 18.2 Å². The fourth-order valence-electron chi connectivity index (χ4n) is 3.41. The zero-order chi connectivity index (χ0) is 20.0. The Hall–Kier alpha value is -4.07. The molecule has 0 bridgehead atoms. The molecule has 0 unspecified atom stereocenters. The number of hydrogen-bond donors (Lipinski definition) is 1. The molecule has 29 heavy (non-hydrogen) atoms. The van der Waals surface area contributed by atoms with Gasteiger partial charge in [-0.15, -0.1) is 0 Å². The average molecular weight is 386 g/mol. The summed E-state index contributed by atoms with van der Waals surface area (Å²) in [6.07, 6.45) is 6.62. The quantitative estimate of drug-likeness (QED) is 0.508. The van der Waals surface area contributed by atoms with Crippen molar-refractivity contribution in [3.63, 3.8) is 0 Å². The van der Waals surface area contributed by atoms with Crippen molar-refractivity contribution >= 4 is 22.4 Å². The van der Waals surface area contributed by atoms with Crippen molar-refractivity contribution in [2.75, 3.05) is 12.8 Å². The summed E-state index contributed by atoms with van der Waals surface area (Å²) in [6, 6.07) is 10.5. The molecule has 0 saturated heterocycles. The van der Waals surface area contributed by atoms with Crippen LogP contribution in [0, 0.1) is 5.82 Å². The molecule has 0 aliphatic carbocycles. The Morgan fingerprint density at radius 3 is 2.72 bits per heavy atom. The number of ether oxygens (including phenoxy) is 1. The third kappa shape index (κ3) is 2.73. The monoisotopic (exact) mass is 386 g/mol. The van der Waals surface area contributed by atoms with Crippen molar-refractivity contribution in [1.82, 2.24) is 24.3 Å². The maximum Gasteiger partial charge on any atom is 0.212 e. The molecule has 0 radical (unpaired) electrons. The summed E-state index contributed by atoms with van der Waals surface area (Å²) in [5.74, 6) is 0.337. The molecule has 0 aliphatic rings. The number of benzene rings is 1. The lowest BCUT2D eigenvalue weighted by Gasteiger charge is -2.14. The number of fused-ring (bicyclic) bond motifs is 2. The maximum absolute atomic E-state index is 14.8. The van der Waals surface area contributed by atoms with Crippen molar-refractivity contribution < 1.29 is 9.13 Å². The summed E-state index contributed by atoms with van der Waals surface area (Å²) in [7, 11) is 1.55. The molecule has 1 aromatic carbocycles. The zero-order valence-corrected chi connectivity index (χ0v) is 15.4. The Morgan fingerprint density at radius 2 is 1.93 bits per heavy atom. The highest BCUT2D eigenvalue weighted by molar-refractivity contribution is 5.89. The lowest BCUT2D eigenvalue weighted by molar-refractivity contribution is 0.398. The number of imidazole rings is 1. The number of nitrogens with zero attached hydrogens (tertiary/aromatic N) is 5. The molecular formula is C21H15FN6O. The normalized spacial score (nSPS) is 11.2. The van der Waals surface area contributed by atoms with E-state index >= 15 is 0 Å². The largest absolute Gasteiger partial charge is 0.481 e. The van der Waals surface area contributed by atoms with Gasteiger partial charge in [0, 0.05) is 47.4 Å². The maximum atomic E-state index is 14.8. The van der Waals surface area contributed by atoms with E-state index in [0.29, 0.717) is 39.4 Å². The van der Waals surface area contributed by atoms with Crippen molar-refractivity contribution in [3.05, 3.63) is 67.0 Å². The van der Waals surface area contributed by atoms with Crippen LogP contribution in [0.2, 0.25) is 0 Å². The number of hydrogen-bond acceptors (Lipinski definition) is 6. The number of rotatable bonds is 3. The van der Waals surface area contributed by atoms with E-state index < -0.39 is 5.82 Å². The first-order valence-corrected chi connectivity index (χ1v) is 8.83. The molecule has 5 rings (SSSR count). The molecule has 4 aromatic heterocycles. The van der Waals surface area contributed by atoms with Gasteiger partial charge >= 0.3 is 0 Å². The lowest BCUT2D eigenvalue weighted by atomic mass is 10.0. The van der Waals surface area contributed by atoms with E-state index in [-0.39, 0.29) is 5.82 Å². The lowest BCUT2D eigenvalue weighted by Crippen LogP contribution is -2.04. The van der Waals surface area contributed by atoms with Gasteiger partial charge in [0.15, 0.2) is 11.5 Å². The second kappa shape index (κ2) is 6.52. The summed E-state index contributed by atoms with van der Waals surface area (Å²) < 4.78 is 21.8. The SMILES string of the molecule is COc1ccc(-c2nc(N)c3nccn3c2-c2cc(F)c3ncccc3c2)cn1. The Kier molecular flexibility index (Phi) is 3.83. The summed E-state index contributed by atoms with van der Waals surface area (Å²) in [4.78, 5) is 17.2. The molecule has 5 aromatic rings. The first-order chi connectivity index (χ1) is 14.2. The summed E-state index contributed by atoms with van der Waals surface area (Å²) in [6.45, 7) is 0. The molecular weight excluding hydrogens is 371 g/mol. The Morgan fingerprint density at radius 1 is 1.03 bits per heavy atom. The minimum Gasteiger partial charge on any atom is -0.481 e. The Balaban J connectivity index is 1.84. The standard InChI is InChI=1S/C21H15FN6O/c1-29-16-5-4-13(11-26-16)18-19(28-8-7-25-21(28)20(23)27-18)14-9-12-3-2-6-24-17(12)15(22)10-14/h2-11H,1H3,(H2,23,27). The van der Waals surface area contributed by atoms with E-state index in [4.69, 9.17) is 10.5 Å². The van der Waals surface area contributed by atoms with Crippen molar-refractivity contribution in [1.29, 1.82) is 0 Å².